The van der Waals surface area contributed by atoms with Crippen LogP contribution in [0.5, 0.6) is 0 Å². The summed E-state index contributed by atoms with van der Waals surface area (Å²) >= 11 is 0. The summed E-state index contributed by atoms with van der Waals surface area (Å²) in [6.07, 6.45) is 0. The van der Waals surface area contributed by atoms with Gasteiger partial charge < -0.3 is 11.1 Å². The topological polar surface area (TPSA) is 55.1 Å². The lowest BCUT2D eigenvalue weighted by atomic mass is 10.1. The third-order valence-corrected chi connectivity index (χ3v) is 2.84. The maximum absolute atomic E-state index is 12.1. The molecule has 3 nitrogen and oxygen atoms in total. The average Bonchev–Trinajstić information content (AvgIpc) is 2.33. The number of halogens is 1. The van der Waals surface area contributed by atoms with Crippen molar-refractivity contribution in [1.82, 2.24) is 0 Å². The first kappa shape index (κ1) is 15.1. The van der Waals surface area contributed by atoms with Crippen LogP contribution in [0.2, 0.25) is 0 Å². The Bertz CT molecular complexity index is 596. The molecular weight excluding hydrogens is 260 g/mol. The lowest BCUT2D eigenvalue weighted by Gasteiger charge is -2.10. The van der Waals surface area contributed by atoms with Gasteiger partial charge in [0.2, 0.25) is 0 Å². The van der Waals surface area contributed by atoms with Gasteiger partial charge in [0.25, 0.3) is 5.91 Å². The van der Waals surface area contributed by atoms with Crippen molar-refractivity contribution in [3.8, 4) is 0 Å². The summed E-state index contributed by atoms with van der Waals surface area (Å²) in [6, 6.07) is 12.9. The second-order valence-corrected chi connectivity index (χ2v) is 4.36. The van der Waals surface area contributed by atoms with Crippen LogP contribution in [-0.4, -0.2) is 5.91 Å². The molecule has 0 aliphatic rings. The third-order valence-electron chi connectivity index (χ3n) is 2.84. The normalized spacial score (nSPS) is 9.58. The van der Waals surface area contributed by atoms with Crippen molar-refractivity contribution in [3.05, 3.63) is 59.2 Å². The molecule has 0 aliphatic heterocycles. The Hall–Kier alpha value is -2.00. The average molecular weight is 277 g/mol. The molecule has 0 heterocycles. The van der Waals surface area contributed by atoms with Gasteiger partial charge in [-0.3, -0.25) is 4.79 Å². The number of para-hydroxylation sites is 1. The number of amides is 1. The Labute approximate surface area is 119 Å². The lowest BCUT2D eigenvalue weighted by molar-refractivity contribution is 0.102. The first-order valence-corrected chi connectivity index (χ1v) is 5.81. The first-order valence-electron chi connectivity index (χ1n) is 5.81. The van der Waals surface area contributed by atoms with E-state index in [9.17, 15) is 4.79 Å². The molecule has 2 aromatic carbocycles. The van der Waals surface area contributed by atoms with Crippen molar-refractivity contribution >= 4 is 29.7 Å². The minimum absolute atomic E-state index is 0. The van der Waals surface area contributed by atoms with Crippen molar-refractivity contribution in [1.29, 1.82) is 0 Å². The van der Waals surface area contributed by atoms with E-state index in [-0.39, 0.29) is 18.3 Å². The van der Waals surface area contributed by atoms with Gasteiger partial charge in [-0.25, -0.2) is 0 Å². The Morgan fingerprint density at radius 2 is 1.79 bits per heavy atom. The number of aryl methyl sites for hydroxylation is 2. The van der Waals surface area contributed by atoms with Gasteiger partial charge in [-0.1, -0.05) is 29.8 Å². The molecule has 3 N–H and O–H groups in total. The summed E-state index contributed by atoms with van der Waals surface area (Å²) in [5.41, 5.74) is 9.78. The minimum atomic E-state index is -0.181. The summed E-state index contributed by atoms with van der Waals surface area (Å²) in [6.45, 7) is 3.99. The van der Waals surface area contributed by atoms with E-state index in [1.54, 1.807) is 18.2 Å². The van der Waals surface area contributed by atoms with Crippen LogP contribution in [-0.2, 0) is 0 Å². The smallest absolute Gasteiger partial charge is 0.257 e. The Balaban J connectivity index is 0.00000180. The molecule has 0 saturated heterocycles. The second-order valence-electron chi connectivity index (χ2n) is 4.36. The SMILES string of the molecule is Cc1ccc(NC(=O)c2ccccc2N)c(C)c1.Cl. The molecule has 0 atom stereocenters. The fourth-order valence-electron chi connectivity index (χ4n) is 1.85. The number of rotatable bonds is 2. The van der Waals surface area contributed by atoms with Crippen molar-refractivity contribution in [2.75, 3.05) is 11.1 Å². The number of nitrogens with one attached hydrogen (secondary N) is 1. The van der Waals surface area contributed by atoms with Crippen molar-refractivity contribution in [2.45, 2.75) is 13.8 Å². The summed E-state index contributed by atoms with van der Waals surface area (Å²) in [5.74, 6) is -0.181. The molecule has 0 aliphatic carbocycles. The number of hydrogen-bond donors (Lipinski definition) is 2. The van der Waals surface area contributed by atoms with Gasteiger partial charge in [-0.05, 0) is 37.6 Å². The predicted molar refractivity (Wildman–Crippen MR) is 82.0 cm³/mol. The Morgan fingerprint density at radius 1 is 1.11 bits per heavy atom. The van der Waals surface area contributed by atoms with Crippen LogP contribution in [0.3, 0.4) is 0 Å². The summed E-state index contributed by atoms with van der Waals surface area (Å²) in [4.78, 5) is 12.1. The third kappa shape index (κ3) is 3.48. The maximum Gasteiger partial charge on any atom is 0.257 e. The van der Waals surface area contributed by atoms with Crippen molar-refractivity contribution in [3.63, 3.8) is 0 Å². The highest BCUT2D eigenvalue weighted by Gasteiger charge is 2.10. The second kappa shape index (κ2) is 6.25. The molecular formula is C15H17ClN2O. The van der Waals surface area contributed by atoms with E-state index >= 15 is 0 Å². The van der Waals surface area contributed by atoms with Crippen LogP contribution >= 0.6 is 12.4 Å². The van der Waals surface area contributed by atoms with E-state index in [1.807, 2.05) is 38.1 Å². The van der Waals surface area contributed by atoms with E-state index in [0.29, 0.717) is 11.3 Å². The summed E-state index contributed by atoms with van der Waals surface area (Å²) in [5, 5.41) is 2.88. The fraction of sp³-hybridized carbons (Fsp3) is 0.133. The highest BCUT2D eigenvalue weighted by molar-refractivity contribution is 6.08. The zero-order chi connectivity index (χ0) is 13.1. The van der Waals surface area contributed by atoms with Gasteiger partial charge in [-0.2, -0.15) is 0 Å². The molecule has 0 spiro atoms. The highest BCUT2D eigenvalue weighted by Crippen LogP contribution is 2.18. The molecule has 0 fully saturated rings. The molecule has 2 aromatic rings. The summed E-state index contributed by atoms with van der Waals surface area (Å²) in [7, 11) is 0. The zero-order valence-electron chi connectivity index (χ0n) is 10.9. The van der Waals surface area contributed by atoms with Crippen molar-refractivity contribution in [2.24, 2.45) is 0 Å². The molecule has 0 saturated carbocycles. The molecule has 19 heavy (non-hydrogen) atoms. The van der Waals surface area contributed by atoms with Gasteiger partial charge >= 0.3 is 0 Å². The van der Waals surface area contributed by atoms with E-state index in [0.717, 1.165) is 11.3 Å². The number of carbonyl (C=O) groups excluding carboxylic acids is 1. The molecule has 0 radical (unpaired) electrons. The molecule has 2 rings (SSSR count). The molecule has 100 valence electrons. The number of carbonyl (C=O) groups is 1. The molecule has 0 bridgehead atoms. The number of nitrogens with two attached hydrogens (primary N) is 1. The number of nitrogen functional groups attached to an aromatic ring is 1. The lowest BCUT2D eigenvalue weighted by Crippen LogP contribution is -2.14. The van der Waals surface area contributed by atoms with E-state index in [4.69, 9.17) is 5.73 Å². The molecule has 0 unspecified atom stereocenters. The van der Waals surface area contributed by atoms with Crippen LogP contribution in [0.4, 0.5) is 11.4 Å². The van der Waals surface area contributed by atoms with E-state index < -0.39 is 0 Å². The molecule has 0 aromatic heterocycles. The number of benzene rings is 2. The summed E-state index contributed by atoms with van der Waals surface area (Å²) < 4.78 is 0. The number of anilines is 2. The van der Waals surface area contributed by atoms with Gasteiger partial charge in [0, 0.05) is 11.4 Å². The largest absolute Gasteiger partial charge is 0.398 e. The van der Waals surface area contributed by atoms with Crippen LogP contribution in [0.25, 0.3) is 0 Å². The van der Waals surface area contributed by atoms with Crippen molar-refractivity contribution < 1.29 is 4.79 Å². The van der Waals surface area contributed by atoms with Gasteiger partial charge in [0.1, 0.15) is 0 Å². The monoisotopic (exact) mass is 276 g/mol. The number of hydrogen-bond acceptors (Lipinski definition) is 2. The maximum atomic E-state index is 12.1. The van der Waals surface area contributed by atoms with Gasteiger partial charge in [0.15, 0.2) is 0 Å². The van der Waals surface area contributed by atoms with E-state index in [2.05, 4.69) is 5.32 Å². The van der Waals surface area contributed by atoms with Crippen LogP contribution in [0.1, 0.15) is 21.5 Å². The molecule has 1 amide bonds. The van der Waals surface area contributed by atoms with Gasteiger partial charge in [0.05, 0.1) is 5.56 Å². The van der Waals surface area contributed by atoms with E-state index in [1.165, 1.54) is 5.56 Å². The van der Waals surface area contributed by atoms with Crippen LogP contribution in [0, 0.1) is 13.8 Å². The minimum Gasteiger partial charge on any atom is -0.398 e. The first-order chi connectivity index (χ1) is 8.58. The zero-order valence-corrected chi connectivity index (χ0v) is 11.8. The quantitative estimate of drug-likeness (QED) is 0.824. The highest BCUT2D eigenvalue weighted by atomic mass is 35.5. The Kier molecular flexibility index (Phi) is 4.95. The fourth-order valence-corrected chi connectivity index (χ4v) is 1.85. The van der Waals surface area contributed by atoms with Crippen LogP contribution in [0.15, 0.2) is 42.5 Å². The standard InChI is InChI=1S/C15H16N2O.ClH/c1-10-7-8-14(11(2)9-10)17-15(18)12-5-3-4-6-13(12)16;/h3-9H,16H2,1-2H3,(H,17,18);1H. The molecule has 4 heteroatoms. The van der Waals surface area contributed by atoms with Gasteiger partial charge in [-0.15, -0.1) is 12.4 Å². The van der Waals surface area contributed by atoms with Crippen LogP contribution < -0.4 is 11.1 Å². The Morgan fingerprint density at radius 3 is 2.42 bits per heavy atom. The predicted octanol–water partition coefficient (Wildman–Crippen LogP) is 3.56.